The number of carbonyl (C=O) groups excluding carboxylic acids is 1. The molecule has 0 aliphatic carbocycles. The van der Waals surface area contributed by atoms with E-state index in [1.165, 1.54) is 12.8 Å². The predicted octanol–water partition coefficient (Wildman–Crippen LogP) is 3.41. The summed E-state index contributed by atoms with van der Waals surface area (Å²) in [6.45, 7) is 0. The van der Waals surface area contributed by atoms with Crippen molar-refractivity contribution in [3.63, 3.8) is 0 Å². The van der Waals surface area contributed by atoms with E-state index in [0.29, 0.717) is 23.7 Å². The average Bonchev–Trinajstić information content (AvgIpc) is 3.20. The third kappa shape index (κ3) is 3.76. The van der Waals surface area contributed by atoms with Gasteiger partial charge in [0.05, 0.1) is 17.4 Å². The molecule has 25 heavy (non-hydrogen) atoms. The highest BCUT2D eigenvalue weighted by Crippen LogP contribution is 2.29. The lowest BCUT2D eigenvalue weighted by Gasteiger charge is -2.35. The number of hydrogen-bond donors (Lipinski definition) is 1. The molecule has 0 saturated carbocycles. The van der Waals surface area contributed by atoms with E-state index >= 15 is 0 Å². The predicted molar refractivity (Wildman–Crippen MR) is 104 cm³/mol. The zero-order chi connectivity index (χ0) is 16.7. The number of carbonyl (C=O) groups is 1. The lowest BCUT2D eigenvalue weighted by molar-refractivity contribution is 0.0681. The number of piperidine rings is 1. The van der Waals surface area contributed by atoms with E-state index in [0.717, 1.165) is 23.0 Å². The van der Waals surface area contributed by atoms with Gasteiger partial charge in [0.1, 0.15) is 0 Å². The molecule has 1 amide bonds. The molecule has 1 aromatic carbocycles. The number of aromatic nitrogens is 2. The number of nitrogens with one attached hydrogen (secondary N) is 1. The molecule has 2 atom stereocenters. The molecule has 2 saturated heterocycles. The standard InChI is InChI=1S/C18H21BrN4O.ClH/c1-22(17-8-14-5-6-15(9-17)21-14)18(24)12-10-20-23(11-12)16-4-2-3-13(19)7-16;/h2-4,7,10-11,14-15,17,21H,5-6,8-9H2,1H3;1H. The van der Waals surface area contributed by atoms with Gasteiger partial charge in [0.2, 0.25) is 0 Å². The Labute approximate surface area is 162 Å². The minimum absolute atomic E-state index is 0. The fourth-order valence-corrected chi connectivity index (χ4v) is 4.29. The van der Waals surface area contributed by atoms with Crippen molar-refractivity contribution < 1.29 is 4.79 Å². The topological polar surface area (TPSA) is 50.2 Å². The molecule has 0 spiro atoms. The van der Waals surface area contributed by atoms with E-state index in [9.17, 15) is 4.79 Å². The van der Waals surface area contributed by atoms with E-state index < -0.39 is 0 Å². The third-order valence-corrected chi connectivity index (χ3v) is 5.71. The maximum atomic E-state index is 12.8. The molecule has 3 heterocycles. The Hall–Kier alpha value is -1.37. The molecule has 2 bridgehead atoms. The summed E-state index contributed by atoms with van der Waals surface area (Å²) in [4.78, 5) is 14.7. The number of amides is 1. The molecule has 1 N–H and O–H groups in total. The van der Waals surface area contributed by atoms with Gasteiger partial charge in [0.25, 0.3) is 5.91 Å². The molecule has 2 aliphatic heterocycles. The molecule has 2 fully saturated rings. The van der Waals surface area contributed by atoms with Gasteiger partial charge in [-0.1, -0.05) is 22.0 Å². The molecule has 4 rings (SSSR count). The highest BCUT2D eigenvalue weighted by molar-refractivity contribution is 9.10. The van der Waals surface area contributed by atoms with Gasteiger partial charge < -0.3 is 10.2 Å². The smallest absolute Gasteiger partial charge is 0.257 e. The fourth-order valence-electron chi connectivity index (χ4n) is 3.91. The Morgan fingerprint density at radius 2 is 2.04 bits per heavy atom. The van der Waals surface area contributed by atoms with Crippen LogP contribution in [0.4, 0.5) is 0 Å². The molecule has 134 valence electrons. The normalized spacial score (nSPS) is 24.6. The van der Waals surface area contributed by atoms with Crippen LogP contribution in [0.3, 0.4) is 0 Å². The van der Waals surface area contributed by atoms with Crippen molar-refractivity contribution in [2.75, 3.05) is 7.05 Å². The SMILES string of the molecule is CN(C(=O)c1cnn(-c2cccc(Br)c2)c1)C1CC2CCC(C1)N2.Cl. The zero-order valence-corrected chi connectivity index (χ0v) is 16.5. The van der Waals surface area contributed by atoms with Gasteiger partial charge in [0.15, 0.2) is 0 Å². The number of nitrogens with zero attached hydrogens (tertiary/aromatic N) is 3. The van der Waals surface area contributed by atoms with E-state index in [4.69, 9.17) is 0 Å². The second-order valence-electron chi connectivity index (χ2n) is 6.83. The quantitative estimate of drug-likeness (QED) is 0.820. The van der Waals surface area contributed by atoms with Crippen LogP contribution in [-0.4, -0.2) is 45.8 Å². The number of benzene rings is 1. The second-order valence-corrected chi connectivity index (χ2v) is 7.75. The van der Waals surface area contributed by atoms with Crippen molar-refractivity contribution in [2.24, 2.45) is 0 Å². The van der Waals surface area contributed by atoms with E-state index in [-0.39, 0.29) is 18.3 Å². The van der Waals surface area contributed by atoms with Crippen LogP contribution in [0.25, 0.3) is 5.69 Å². The van der Waals surface area contributed by atoms with Gasteiger partial charge in [-0.3, -0.25) is 4.79 Å². The van der Waals surface area contributed by atoms with Gasteiger partial charge in [-0.25, -0.2) is 4.68 Å². The van der Waals surface area contributed by atoms with Crippen LogP contribution in [0.5, 0.6) is 0 Å². The molecule has 7 heteroatoms. The van der Waals surface area contributed by atoms with Gasteiger partial charge in [-0.15, -0.1) is 12.4 Å². The van der Waals surface area contributed by atoms with Gasteiger partial charge in [-0.2, -0.15) is 5.10 Å². The van der Waals surface area contributed by atoms with Crippen molar-refractivity contribution in [3.05, 3.63) is 46.7 Å². The Morgan fingerprint density at radius 3 is 2.72 bits per heavy atom. The van der Waals surface area contributed by atoms with E-state index in [1.54, 1.807) is 10.9 Å². The van der Waals surface area contributed by atoms with Crippen LogP contribution in [0.2, 0.25) is 0 Å². The van der Waals surface area contributed by atoms with Crippen LogP contribution in [0.1, 0.15) is 36.0 Å². The number of rotatable bonds is 3. The average molecular weight is 426 g/mol. The summed E-state index contributed by atoms with van der Waals surface area (Å²) in [5.74, 6) is 0.0579. The van der Waals surface area contributed by atoms with Crippen molar-refractivity contribution in [3.8, 4) is 5.69 Å². The van der Waals surface area contributed by atoms with Crippen molar-refractivity contribution in [2.45, 2.75) is 43.8 Å². The Balaban J connectivity index is 0.00000182. The summed E-state index contributed by atoms with van der Waals surface area (Å²) in [5.41, 5.74) is 1.58. The summed E-state index contributed by atoms with van der Waals surface area (Å²) in [7, 11) is 1.92. The van der Waals surface area contributed by atoms with Crippen molar-refractivity contribution in [1.82, 2.24) is 20.0 Å². The number of fused-ring (bicyclic) bond motifs is 2. The second kappa shape index (κ2) is 7.48. The zero-order valence-electron chi connectivity index (χ0n) is 14.1. The van der Waals surface area contributed by atoms with Crippen LogP contribution in [0, 0.1) is 0 Å². The molecular formula is C18H22BrClN4O. The first-order valence-electron chi connectivity index (χ1n) is 8.44. The minimum atomic E-state index is 0. The summed E-state index contributed by atoms with van der Waals surface area (Å²) in [6.07, 6.45) is 8.07. The Kier molecular flexibility index (Phi) is 5.51. The summed E-state index contributed by atoms with van der Waals surface area (Å²) < 4.78 is 2.74. The van der Waals surface area contributed by atoms with Crippen molar-refractivity contribution >= 4 is 34.2 Å². The highest BCUT2D eigenvalue weighted by atomic mass is 79.9. The molecular weight excluding hydrogens is 404 g/mol. The molecule has 2 unspecified atom stereocenters. The van der Waals surface area contributed by atoms with Crippen LogP contribution < -0.4 is 5.32 Å². The fraction of sp³-hybridized carbons (Fsp3) is 0.444. The molecule has 0 radical (unpaired) electrons. The van der Waals surface area contributed by atoms with Crippen LogP contribution >= 0.6 is 28.3 Å². The van der Waals surface area contributed by atoms with E-state index in [1.807, 2.05) is 42.4 Å². The van der Waals surface area contributed by atoms with Gasteiger partial charge in [0, 0.05) is 35.8 Å². The summed E-state index contributed by atoms with van der Waals surface area (Å²) in [6, 6.07) is 9.36. The highest BCUT2D eigenvalue weighted by Gasteiger charge is 2.36. The largest absolute Gasteiger partial charge is 0.339 e. The lowest BCUT2D eigenvalue weighted by Crippen LogP contribution is -2.48. The van der Waals surface area contributed by atoms with Gasteiger partial charge in [-0.05, 0) is 43.9 Å². The number of hydrogen-bond acceptors (Lipinski definition) is 3. The van der Waals surface area contributed by atoms with Gasteiger partial charge >= 0.3 is 0 Å². The first-order chi connectivity index (χ1) is 11.6. The Bertz CT molecular complexity index is 753. The molecule has 5 nitrogen and oxygen atoms in total. The first-order valence-corrected chi connectivity index (χ1v) is 9.23. The maximum absolute atomic E-state index is 12.8. The van der Waals surface area contributed by atoms with Crippen molar-refractivity contribution in [1.29, 1.82) is 0 Å². The van der Waals surface area contributed by atoms with Crippen LogP contribution in [-0.2, 0) is 0 Å². The monoisotopic (exact) mass is 424 g/mol. The maximum Gasteiger partial charge on any atom is 0.257 e. The van der Waals surface area contributed by atoms with E-state index in [2.05, 4.69) is 26.3 Å². The molecule has 1 aromatic heterocycles. The summed E-state index contributed by atoms with van der Waals surface area (Å²) in [5, 5.41) is 7.98. The Morgan fingerprint density at radius 1 is 1.32 bits per heavy atom. The third-order valence-electron chi connectivity index (χ3n) is 5.22. The molecule has 2 aliphatic rings. The minimum Gasteiger partial charge on any atom is -0.339 e. The molecule has 2 aromatic rings. The van der Waals surface area contributed by atoms with Crippen LogP contribution in [0.15, 0.2) is 41.1 Å². The number of halogens is 2. The lowest BCUT2D eigenvalue weighted by atomic mass is 9.98. The first kappa shape index (κ1) is 18.4. The summed E-state index contributed by atoms with van der Waals surface area (Å²) >= 11 is 3.47.